The lowest BCUT2D eigenvalue weighted by atomic mass is 10.1. The predicted molar refractivity (Wildman–Crippen MR) is 74.0 cm³/mol. The summed E-state index contributed by atoms with van der Waals surface area (Å²) in [4.78, 5) is 21.5. The van der Waals surface area contributed by atoms with Crippen molar-refractivity contribution in [2.75, 3.05) is 19.7 Å². The fraction of sp³-hybridized carbons (Fsp3) is 0.857. The second-order valence-corrected chi connectivity index (χ2v) is 5.11. The Morgan fingerprint density at radius 3 is 2.42 bits per heavy atom. The summed E-state index contributed by atoms with van der Waals surface area (Å²) in [5.41, 5.74) is 0. The molecule has 0 amide bonds. The van der Waals surface area contributed by atoms with E-state index in [1.807, 2.05) is 0 Å². The van der Waals surface area contributed by atoms with Crippen LogP contribution in [0.2, 0.25) is 0 Å². The van der Waals surface area contributed by atoms with Crippen LogP contribution in [0.25, 0.3) is 0 Å². The van der Waals surface area contributed by atoms with Gasteiger partial charge in [0.2, 0.25) is 0 Å². The van der Waals surface area contributed by atoms with Gasteiger partial charge >= 0.3 is 11.9 Å². The Labute approximate surface area is 115 Å². The smallest absolute Gasteiger partial charge is 0.307 e. The van der Waals surface area contributed by atoms with E-state index in [0.717, 1.165) is 18.8 Å². The van der Waals surface area contributed by atoms with E-state index in [2.05, 4.69) is 19.2 Å². The van der Waals surface area contributed by atoms with Gasteiger partial charge in [0, 0.05) is 13.1 Å². The van der Waals surface area contributed by atoms with Gasteiger partial charge in [-0.05, 0) is 12.3 Å². The fourth-order valence-electron chi connectivity index (χ4n) is 1.60. The first-order valence-electron chi connectivity index (χ1n) is 7.10. The van der Waals surface area contributed by atoms with Gasteiger partial charge in [-0.25, -0.2) is 0 Å². The lowest BCUT2D eigenvalue weighted by Gasteiger charge is -2.06. The Hall–Kier alpha value is -1.10. The Morgan fingerprint density at radius 1 is 1.11 bits per heavy atom. The Balaban J connectivity index is 3.23. The summed E-state index contributed by atoms with van der Waals surface area (Å²) >= 11 is 0. The molecule has 5 nitrogen and oxygen atoms in total. The van der Waals surface area contributed by atoms with E-state index < -0.39 is 5.97 Å². The molecule has 0 heterocycles. The van der Waals surface area contributed by atoms with Gasteiger partial charge in [0.15, 0.2) is 0 Å². The molecule has 0 saturated carbocycles. The van der Waals surface area contributed by atoms with Crippen LogP contribution in [0.5, 0.6) is 0 Å². The molecule has 0 aromatic rings. The van der Waals surface area contributed by atoms with Crippen LogP contribution in [0.1, 0.15) is 52.4 Å². The SMILES string of the molecule is CC(C)CCCCCOC(=O)CCNCCC(=O)O. The zero-order valence-electron chi connectivity index (χ0n) is 12.1. The van der Waals surface area contributed by atoms with Crippen molar-refractivity contribution in [3.05, 3.63) is 0 Å². The lowest BCUT2D eigenvalue weighted by Crippen LogP contribution is -2.22. The standard InChI is InChI=1S/C14H27NO4/c1-12(2)6-4-3-5-11-19-14(18)8-10-15-9-7-13(16)17/h12,15H,3-11H2,1-2H3,(H,16,17). The van der Waals surface area contributed by atoms with Gasteiger partial charge in [0.1, 0.15) is 0 Å². The number of esters is 1. The van der Waals surface area contributed by atoms with Crippen LogP contribution in [0.15, 0.2) is 0 Å². The third-order valence-electron chi connectivity index (χ3n) is 2.71. The maximum absolute atomic E-state index is 11.3. The third kappa shape index (κ3) is 14.8. The average molecular weight is 273 g/mol. The van der Waals surface area contributed by atoms with E-state index in [4.69, 9.17) is 9.84 Å². The van der Waals surface area contributed by atoms with Crippen molar-refractivity contribution < 1.29 is 19.4 Å². The molecular weight excluding hydrogens is 246 g/mol. The van der Waals surface area contributed by atoms with E-state index in [0.29, 0.717) is 26.1 Å². The molecule has 19 heavy (non-hydrogen) atoms. The molecule has 0 atom stereocenters. The van der Waals surface area contributed by atoms with Crippen LogP contribution in [0.4, 0.5) is 0 Å². The zero-order chi connectivity index (χ0) is 14.5. The minimum absolute atomic E-state index is 0.0743. The van der Waals surface area contributed by atoms with Crippen LogP contribution < -0.4 is 5.32 Å². The number of carboxylic acids is 1. The summed E-state index contributed by atoms with van der Waals surface area (Å²) in [6, 6.07) is 0. The zero-order valence-corrected chi connectivity index (χ0v) is 12.1. The molecule has 0 spiro atoms. The van der Waals surface area contributed by atoms with Gasteiger partial charge in [0.05, 0.1) is 19.4 Å². The van der Waals surface area contributed by atoms with E-state index in [1.165, 1.54) is 12.8 Å². The minimum atomic E-state index is -0.837. The number of hydrogen-bond acceptors (Lipinski definition) is 4. The molecule has 0 aromatic carbocycles. The monoisotopic (exact) mass is 273 g/mol. The molecule has 0 aliphatic heterocycles. The quantitative estimate of drug-likeness (QED) is 0.421. The molecule has 0 radical (unpaired) electrons. The van der Waals surface area contributed by atoms with E-state index >= 15 is 0 Å². The summed E-state index contributed by atoms with van der Waals surface area (Å²) in [6.07, 6.45) is 4.80. The van der Waals surface area contributed by atoms with Crippen LogP contribution in [-0.2, 0) is 14.3 Å². The summed E-state index contributed by atoms with van der Waals surface area (Å²) in [6.45, 7) is 5.76. The summed E-state index contributed by atoms with van der Waals surface area (Å²) in [7, 11) is 0. The first-order chi connectivity index (χ1) is 9.02. The molecule has 112 valence electrons. The number of ether oxygens (including phenoxy) is 1. The Kier molecular flexibility index (Phi) is 11.3. The third-order valence-corrected chi connectivity index (χ3v) is 2.71. The molecule has 2 N–H and O–H groups in total. The van der Waals surface area contributed by atoms with Gasteiger partial charge in [-0.3, -0.25) is 9.59 Å². The number of carbonyl (C=O) groups excluding carboxylic acids is 1. The van der Waals surface area contributed by atoms with Gasteiger partial charge < -0.3 is 15.2 Å². The normalized spacial score (nSPS) is 10.7. The van der Waals surface area contributed by atoms with Crippen LogP contribution in [-0.4, -0.2) is 36.7 Å². The number of carbonyl (C=O) groups is 2. The molecule has 0 rings (SSSR count). The van der Waals surface area contributed by atoms with Crippen molar-refractivity contribution in [2.45, 2.75) is 52.4 Å². The molecule has 0 bridgehead atoms. The van der Waals surface area contributed by atoms with Crippen molar-refractivity contribution in [1.82, 2.24) is 5.32 Å². The number of hydrogen-bond donors (Lipinski definition) is 2. The van der Waals surface area contributed by atoms with Crippen LogP contribution in [0, 0.1) is 5.92 Å². The predicted octanol–water partition coefficient (Wildman–Crippen LogP) is 2.20. The number of nitrogens with one attached hydrogen (secondary N) is 1. The lowest BCUT2D eigenvalue weighted by molar-refractivity contribution is -0.143. The summed E-state index contributed by atoms with van der Waals surface area (Å²) in [5.74, 6) is -0.317. The maximum Gasteiger partial charge on any atom is 0.307 e. The molecule has 0 aliphatic carbocycles. The highest BCUT2D eigenvalue weighted by Crippen LogP contribution is 2.07. The van der Waals surface area contributed by atoms with E-state index in [-0.39, 0.29) is 12.4 Å². The molecule has 0 fully saturated rings. The van der Waals surface area contributed by atoms with Crippen molar-refractivity contribution in [1.29, 1.82) is 0 Å². The van der Waals surface area contributed by atoms with E-state index in [1.54, 1.807) is 0 Å². The highest BCUT2D eigenvalue weighted by molar-refractivity contribution is 5.69. The first kappa shape index (κ1) is 17.9. The average Bonchev–Trinajstić information content (AvgIpc) is 2.32. The molecule has 0 saturated heterocycles. The Morgan fingerprint density at radius 2 is 1.79 bits per heavy atom. The highest BCUT2D eigenvalue weighted by Gasteiger charge is 2.03. The van der Waals surface area contributed by atoms with Crippen LogP contribution >= 0.6 is 0 Å². The first-order valence-corrected chi connectivity index (χ1v) is 7.10. The number of unbranched alkanes of at least 4 members (excludes halogenated alkanes) is 2. The Bertz CT molecular complexity index is 254. The molecular formula is C14H27NO4. The second-order valence-electron chi connectivity index (χ2n) is 5.11. The number of rotatable bonds is 12. The van der Waals surface area contributed by atoms with Gasteiger partial charge in [-0.2, -0.15) is 0 Å². The second kappa shape index (κ2) is 12.0. The molecule has 0 aromatic heterocycles. The summed E-state index contributed by atoms with van der Waals surface area (Å²) in [5, 5.41) is 11.3. The molecule has 0 aliphatic rings. The van der Waals surface area contributed by atoms with E-state index in [9.17, 15) is 9.59 Å². The van der Waals surface area contributed by atoms with Crippen molar-refractivity contribution in [2.24, 2.45) is 5.92 Å². The molecule has 5 heteroatoms. The minimum Gasteiger partial charge on any atom is -0.481 e. The largest absolute Gasteiger partial charge is 0.481 e. The van der Waals surface area contributed by atoms with Gasteiger partial charge in [-0.15, -0.1) is 0 Å². The topological polar surface area (TPSA) is 75.6 Å². The van der Waals surface area contributed by atoms with Crippen LogP contribution in [0.3, 0.4) is 0 Å². The fourth-order valence-corrected chi connectivity index (χ4v) is 1.60. The number of carboxylic acid groups (broad SMARTS) is 1. The maximum atomic E-state index is 11.3. The molecule has 0 unspecified atom stereocenters. The highest BCUT2D eigenvalue weighted by atomic mass is 16.5. The van der Waals surface area contributed by atoms with Crippen molar-refractivity contribution in [3.63, 3.8) is 0 Å². The number of aliphatic carboxylic acids is 1. The van der Waals surface area contributed by atoms with Crippen molar-refractivity contribution in [3.8, 4) is 0 Å². The van der Waals surface area contributed by atoms with Crippen molar-refractivity contribution >= 4 is 11.9 Å². The summed E-state index contributed by atoms with van der Waals surface area (Å²) < 4.78 is 5.08. The van der Waals surface area contributed by atoms with Gasteiger partial charge in [-0.1, -0.05) is 33.1 Å². The van der Waals surface area contributed by atoms with Gasteiger partial charge in [0.25, 0.3) is 0 Å².